The van der Waals surface area contributed by atoms with Crippen LogP contribution in [0.2, 0.25) is 0 Å². The zero-order chi connectivity index (χ0) is 19.0. The van der Waals surface area contributed by atoms with E-state index in [2.05, 4.69) is 15.9 Å². The van der Waals surface area contributed by atoms with Crippen molar-refractivity contribution in [1.82, 2.24) is 4.90 Å². The number of carbonyl (C=O) groups excluding carboxylic acids is 1. The van der Waals surface area contributed by atoms with Gasteiger partial charge in [-0.2, -0.15) is 0 Å². The Hall–Kier alpha value is -1.94. The van der Waals surface area contributed by atoms with Crippen LogP contribution in [0.4, 0.5) is 4.79 Å². The smallest absolute Gasteiger partial charge is 0.410 e. The Labute approximate surface area is 150 Å². The monoisotopic (exact) mass is 354 g/mol. The van der Waals surface area contributed by atoms with Crippen molar-refractivity contribution in [3.05, 3.63) is 10.4 Å². The van der Waals surface area contributed by atoms with Gasteiger partial charge in [-0.1, -0.05) is 5.11 Å². The first-order valence-corrected chi connectivity index (χ1v) is 8.48. The van der Waals surface area contributed by atoms with E-state index in [1.54, 1.807) is 4.90 Å². The number of terminal acetylenes is 1. The quantitative estimate of drug-likeness (QED) is 0.166. The lowest BCUT2D eigenvalue weighted by Crippen LogP contribution is -2.39. The molecule has 0 saturated carbocycles. The minimum absolute atomic E-state index is 0.380. The van der Waals surface area contributed by atoms with E-state index in [1.165, 1.54) is 0 Å². The first kappa shape index (κ1) is 23.1. The molecule has 0 aliphatic rings. The van der Waals surface area contributed by atoms with E-state index in [-0.39, 0.29) is 6.09 Å². The van der Waals surface area contributed by atoms with E-state index < -0.39 is 5.60 Å². The highest BCUT2D eigenvalue weighted by Crippen LogP contribution is 2.10. The average molecular weight is 354 g/mol. The average Bonchev–Trinajstić information content (AvgIpc) is 2.53. The van der Waals surface area contributed by atoms with Crippen molar-refractivity contribution in [2.24, 2.45) is 5.11 Å². The van der Waals surface area contributed by atoms with Crippen LogP contribution >= 0.6 is 0 Å². The predicted octanol–water partition coefficient (Wildman–Crippen LogP) is 3.37. The van der Waals surface area contributed by atoms with Crippen molar-refractivity contribution in [3.8, 4) is 12.3 Å². The number of hydrogen-bond acceptors (Lipinski definition) is 5. The highest BCUT2D eigenvalue weighted by atomic mass is 16.6. The number of nitrogens with zero attached hydrogens (tertiary/aromatic N) is 4. The molecule has 0 unspecified atom stereocenters. The molecule has 0 rings (SSSR count). The van der Waals surface area contributed by atoms with E-state index >= 15 is 0 Å². The second kappa shape index (κ2) is 14.4. The molecule has 142 valence electrons. The lowest BCUT2D eigenvalue weighted by atomic mass is 10.2. The fourth-order valence-electron chi connectivity index (χ4n) is 1.74. The van der Waals surface area contributed by atoms with Crippen molar-refractivity contribution >= 4 is 6.09 Å². The second-order valence-corrected chi connectivity index (χ2v) is 6.31. The van der Waals surface area contributed by atoms with Gasteiger partial charge in [0, 0.05) is 50.8 Å². The van der Waals surface area contributed by atoms with Crippen LogP contribution < -0.4 is 0 Å². The molecule has 0 saturated heterocycles. The highest BCUT2D eigenvalue weighted by Gasteiger charge is 2.21. The largest absolute Gasteiger partial charge is 0.444 e. The Kier molecular flexibility index (Phi) is 13.3. The Morgan fingerprint density at radius 3 is 2.40 bits per heavy atom. The Morgan fingerprint density at radius 1 is 1.16 bits per heavy atom. The van der Waals surface area contributed by atoms with Crippen LogP contribution in [0.25, 0.3) is 10.4 Å². The molecular weight excluding hydrogens is 324 g/mol. The first-order chi connectivity index (χ1) is 11.9. The second-order valence-electron chi connectivity index (χ2n) is 6.31. The maximum absolute atomic E-state index is 12.1. The van der Waals surface area contributed by atoms with Gasteiger partial charge >= 0.3 is 6.09 Å². The molecule has 0 fully saturated rings. The predicted molar refractivity (Wildman–Crippen MR) is 96.1 cm³/mol. The zero-order valence-electron chi connectivity index (χ0n) is 15.6. The summed E-state index contributed by atoms with van der Waals surface area (Å²) in [5, 5.41) is 3.43. The third kappa shape index (κ3) is 15.3. The summed E-state index contributed by atoms with van der Waals surface area (Å²) >= 11 is 0. The maximum atomic E-state index is 12.1. The van der Waals surface area contributed by atoms with Crippen LogP contribution in [0.1, 0.15) is 40.0 Å². The zero-order valence-corrected chi connectivity index (χ0v) is 15.6. The van der Waals surface area contributed by atoms with E-state index in [9.17, 15) is 4.79 Å². The summed E-state index contributed by atoms with van der Waals surface area (Å²) in [4.78, 5) is 16.3. The molecule has 0 radical (unpaired) electrons. The molecule has 0 aromatic carbocycles. The van der Waals surface area contributed by atoms with Crippen molar-refractivity contribution in [1.29, 1.82) is 0 Å². The van der Waals surface area contributed by atoms with E-state index in [0.717, 1.165) is 6.42 Å². The third-order valence-electron chi connectivity index (χ3n) is 2.87. The van der Waals surface area contributed by atoms with Gasteiger partial charge in [0.05, 0.1) is 6.61 Å². The number of azide groups is 1. The summed E-state index contributed by atoms with van der Waals surface area (Å²) in [5.41, 5.74) is 7.59. The molecule has 0 heterocycles. The van der Waals surface area contributed by atoms with Gasteiger partial charge in [0.2, 0.25) is 0 Å². The fourth-order valence-corrected chi connectivity index (χ4v) is 1.74. The van der Waals surface area contributed by atoms with E-state index in [1.807, 2.05) is 20.8 Å². The maximum Gasteiger partial charge on any atom is 0.410 e. The number of amides is 1. The van der Waals surface area contributed by atoms with Gasteiger partial charge in [0.25, 0.3) is 0 Å². The number of carbonyl (C=O) groups is 1. The van der Waals surface area contributed by atoms with Crippen LogP contribution in [0.15, 0.2) is 5.11 Å². The lowest BCUT2D eigenvalue weighted by Gasteiger charge is -2.27. The van der Waals surface area contributed by atoms with Crippen molar-refractivity contribution in [2.45, 2.75) is 45.6 Å². The van der Waals surface area contributed by atoms with Gasteiger partial charge in [-0.15, -0.1) is 12.3 Å². The molecular formula is C17H30N4O4. The Morgan fingerprint density at radius 2 is 1.80 bits per heavy atom. The summed E-state index contributed by atoms with van der Waals surface area (Å²) < 4.78 is 16.3. The topological polar surface area (TPSA) is 96.8 Å². The normalized spacial score (nSPS) is 10.6. The highest BCUT2D eigenvalue weighted by molar-refractivity contribution is 5.68. The van der Waals surface area contributed by atoms with Gasteiger partial charge < -0.3 is 19.1 Å². The summed E-state index contributed by atoms with van der Waals surface area (Å²) in [6.07, 6.45) is 6.84. The third-order valence-corrected chi connectivity index (χ3v) is 2.87. The minimum atomic E-state index is -0.539. The van der Waals surface area contributed by atoms with Crippen LogP contribution in [0.3, 0.4) is 0 Å². The summed E-state index contributed by atoms with van der Waals surface area (Å²) in [5.74, 6) is 2.53. The van der Waals surface area contributed by atoms with E-state index in [4.69, 9.17) is 26.2 Å². The van der Waals surface area contributed by atoms with E-state index in [0.29, 0.717) is 58.9 Å². The van der Waals surface area contributed by atoms with Gasteiger partial charge in [-0.25, -0.2) is 4.79 Å². The minimum Gasteiger partial charge on any atom is -0.444 e. The van der Waals surface area contributed by atoms with Gasteiger partial charge in [0.15, 0.2) is 0 Å². The molecule has 1 amide bonds. The number of ether oxygens (including phenoxy) is 3. The molecule has 0 spiro atoms. The van der Waals surface area contributed by atoms with Gasteiger partial charge in [-0.3, -0.25) is 0 Å². The summed E-state index contributed by atoms with van der Waals surface area (Å²) in [6, 6.07) is 0. The number of hydrogen-bond donors (Lipinski definition) is 0. The first-order valence-electron chi connectivity index (χ1n) is 8.48. The summed E-state index contributed by atoms with van der Waals surface area (Å²) in [6.45, 7) is 8.93. The van der Waals surface area contributed by atoms with Crippen LogP contribution in [0, 0.1) is 12.3 Å². The molecule has 0 aliphatic carbocycles. The standard InChI is InChI=1S/C17H30N4O4/c1-5-6-10-21(16(22)25-17(2,3)4)11-15-24-14-8-13-23-12-7-9-19-20-18/h1H,6-15H2,2-4H3. The molecule has 0 bridgehead atoms. The SMILES string of the molecule is C#CCCN(CCOCCCOCCCN=[N+]=[N-])C(=O)OC(C)(C)C. The molecule has 0 aliphatic heterocycles. The molecule has 0 aromatic rings. The molecule has 0 aromatic heterocycles. The lowest BCUT2D eigenvalue weighted by molar-refractivity contribution is 0.0164. The molecule has 0 atom stereocenters. The van der Waals surface area contributed by atoms with Crippen molar-refractivity contribution in [3.63, 3.8) is 0 Å². The van der Waals surface area contributed by atoms with Crippen LogP contribution in [-0.4, -0.2) is 62.7 Å². The fraction of sp³-hybridized carbons (Fsp3) is 0.824. The molecule has 0 N–H and O–H groups in total. The van der Waals surface area contributed by atoms with Gasteiger partial charge in [0.1, 0.15) is 5.60 Å². The summed E-state index contributed by atoms with van der Waals surface area (Å²) in [7, 11) is 0. The van der Waals surface area contributed by atoms with Crippen molar-refractivity contribution < 1.29 is 19.0 Å². The number of rotatable bonds is 13. The Bertz CT molecular complexity index is 451. The van der Waals surface area contributed by atoms with Crippen molar-refractivity contribution in [2.75, 3.05) is 46.1 Å². The van der Waals surface area contributed by atoms with Crippen LogP contribution in [-0.2, 0) is 14.2 Å². The Balaban J connectivity index is 3.82. The van der Waals surface area contributed by atoms with Crippen LogP contribution in [0.5, 0.6) is 0 Å². The molecule has 25 heavy (non-hydrogen) atoms. The molecule has 8 nitrogen and oxygen atoms in total. The molecule has 8 heteroatoms. The van der Waals surface area contributed by atoms with Gasteiger partial charge in [-0.05, 0) is 39.1 Å².